The minimum atomic E-state index is -0.107. The first-order chi connectivity index (χ1) is 9.38. The van der Waals surface area contributed by atoms with E-state index < -0.39 is 0 Å². The molecule has 0 aromatic heterocycles. The number of hydrogen-bond acceptors (Lipinski definition) is 1. The van der Waals surface area contributed by atoms with Crippen LogP contribution in [0.3, 0.4) is 0 Å². The summed E-state index contributed by atoms with van der Waals surface area (Å²) in [6, 6.07) is 9.69. The van der Waals surface area contributed by atoms with Crippen LogP contribution in [0.1, 0.15) is 21.5 Å². The van der Waals surface area contributed by atoms with E-state index in [0.29, 0.717) is 5.56 Å². The van der Waals surface area contributed by atoms with Crippen molar-refractivity contribution in [3.8, 4) is 0 Å². The van der Waals surface area contributed by atoms with Gasteiger partial charge in [-0.25, -0.2) is 0 Å². The lowest BCUT2D eigenvalue weighted by Crippen LogP contribution is -2.14. The predicted molar refractivity (Wildman–Crippen MR) is 98.4 cm³/mol. The molecule has 0 aliphatic carbocycles. The van der Waals surface area contributed by atoms with Gasteiger partial charge in [-0.3, -0.25) is 4.79 Å². The second kappa shape index (κ2) is 6.58. The average molecular weight is 509 g/mol. The van der Waals surface area contributed by atoms with Gasteiger partial charge in [-0.2, -0.15) is 0 Å². The molecule has 0 bridgehead atoms. The summed E-state index contributed by atoms with van der Waals surface area (Å²) in [6.45, 7) is 3.97. The van der Waals surface area contributed by atoms with Crippen LogP contribution in [0.4, 0.5) is 5.69 Å². The first-order valence-corrected chi connectivity index (χ1v) is 8.58. The van der Waals surface area contributed by atoms with Crippen molar-refractivity contribution in [1.82, 2.24) is 0 Å². The molecule has 0 fully saturated rings. The Bertz CT molecular complexity index is 663. The maximum absolute atomic E-state index is 12.4. The highest BCUT2D eigenvalue weighted by Gasteiger charge is 2.13. The number of carbonyl (C=O) groups excluding carboxylic acids is 1. The van der Waals surface area contributed by atoms with E-state index in [0.717, 1.165) is 29.3 Å². The smallest absolute Gasteiger partial charge is 0.256 e. The Morgan fingerprint density at radius 3 is 2.30 bits per heavy atom. The lowest BCUT2D eigenvalue weighted by Gasteiger charge is -2.13. The monoisotopic (exact) mass is 507 g/mol. The third-order valence-corrected chi connectivity index (χ3v) is 4.73. The number of rotatable bonds is 2. The van der Waals surface area contributed by atoms with Gasteiger partial charge in [0.05, 0.1) is 5.56 Å². The number of halogens is 3. The number of benzene rings is 2. The van der Waals surface area contributed by atoms with E-state index >= 15 is 0 Å². The molecule has 2 aromatic rings. The van der Waals surface area contributed by atoms with Gasteiger partial charge in [0.15, 0.2) is 0 Å². The van der Waals surface area contributed by atoms with Gasteiger partial charge < -0.3 is 5.32 Å². The summed E-state index contributed by atoms with van der Waals surface area (Å²) < 4.78 is 2.84. The molecule has 104 valence electrons. The summed E-state index contributed by atoms with van der Waals surface area (Å²) in [4.78, 5) is 12.4. The zero-order chi connectivity index (χ0) is 14.9. The molecule has 2 nitrogen and oxygen atoms in total. The molecule has 5 heteroatoms. The number of hydrogen-bond donors (Lipinski definition) is 1. The molecule has 1 N–H and O–H groups in total. The first kappa shape index (κ1) is 16.0. The highest BCUT2D eigenvalue weighted by molar-refractivity contribution is 14.1. The Balaban J connectivity index is 2.35. The van der Waals surface area contributed by atoms with Crippen LogP contribution in [0.15, 0.2) is 39.3 Å². The number of aryl methyl sites for hydroxylation is 2. The van der Waals surface area contributed by atoms with Gasteiger partial charge in [-0.05, 0) is 93.8 Å². The summed E-state index contributed by atoms with van der Waals surface area (Å²) in [5, 5.41) is 3.00. The average Bonchev–Trinajstić information content (AvgIpc) is 2.36. The van der Waals surface area contributed by atoms with E-state index in [1.54, 1.807) is 0 Å². The van der Waals surface area contributed by atoms with Crippen LogP contribution in [-0.4, -0.2) is 5.91 Å². The minimum Gasteiger partial charge on any atom is -0.321 e. The maximum Gasteiger partial charge on any atom is 0.256 e. The van der Waals surface area contributed by atoms with E-state index in [-0.39, 0.29) is 5.91 Å². The Labute approximate surface area is 148 Å². The third kappa shape index (κ3) is 3.62. The predicted octanol–water partition coefficient (Wildman–Crippen LogP) is 5.69. The van der Waals surface area contributed by atoms with Gasteiger partial charge in [0, 0.05) is 18.2 Å². The van der Waals surface area contributed by atoms with E-state index in [2.05, 4.69) is 59.8 Å². The van der Waals surface area contributed by atoms with Gasteiger partial charge in [-0.15, -0.1) is 0 Å². The van der Waals surface area contributed by atoms with Crippen molar-refractivity contribution in [3.63, 3.8) is 0 Å². The molecule has 0 heterocycles. The quantitative estimate of drug-likeness (QED) is 0.519. The van der Waals surface area contributed by atoms with Gasteiger partial charge in [0.1, 0.15) is 0 Å². The van der Waals surface area contributed by atoms with Gasteiger partial charge in [0.2, 0.25) is 0 Å². The van der Waals surface area contributed by atoms with Gasteiger partial charge >= 0.3 is 0 Å². The molecule has 20 heavy (non-hydrogen) atoms. The summed E-state index contributed by atoms with van der Waals surface area (Å²) in [6.07, 6.45) is 0. The van der Waals surface area contributed by atoms with E-state index in [9.17, 15) is 4.79 Å². The van der Waals surface area contributed by atoms with Crippen molar-refractivity contribution in [2.45, 2.75) is 13.8 Å². The van der Waals surface area contributed by atoms with Crippen molar-refractivity contribution >= 4 is 66.0 Å². The molecule has 0 aliphatic rings. The van der Waals surface area contributed by atoms with Crippen molar-refractivity contribution in [2.24, 2.45) is 0 Å². The fourth-order valence-corrected chi connectivity index (χ4v) is 3.56. The number of carbonyl (C=O) groups is 1. The molecule has 0 aliphatic heterocycles. The Morgan fingerprint density at radius 2 is 1.70 bits per heavy atom. The zero-order valence-corrected chi connectivity index (χ0v) is 16.3. The SMILES string of the molecule is Cc1cc(Br)cc(C)c1NC(=O)c1cc(I)ccc1Br. The van der Waals surface area contributed by atoms with Crippen LogP contribution in [-0.2, 0) is 0 Å². The summed E-state index contributed by atoms with van der Waals surface area (Å²) in [5.74, 6) is -0.107. The highest BCUT2D eigenvalue weighted by Crippen LogP contribution is 2.27. The molecule has 2 aromatic carbocycles. The molecule has 0 radical (unpaired) electrons. The van der Waals surface area contributed by atoms with Crippen LogP contribution < -0.4 is 5.32 Å². The molecule has 0 spiro atoms. The number of amides is 1. The zero-order valence-electron chi connectivity index (χ0n) is 10.9. The van der Waals surface area contributed by atoms with Crippen LogP contribution in [0.25, 0.3) is 0 Å². The van der Waals surface area contributed by atoms with Crippen molar-refractivity contribution in [3.05, 3.63) is 59.5 Å². The van der Waals surface area contributed by atoms with Crippen molar-refractivity contribution in [2.75, 3.05) is 5.32 Å². The number of anilines is 1. The van der Waals surface area contributed by atoms with Crippen molar-refractivity contribution < 1.29 is 4.79 Å². The maximum atomic E-state index is 12.4. The number of nitrogens with one attached hydrogen (secondary N) is 1. The fraction of sp³-hybridized carbons (Fsp3) is 0.133. The van der Waals surface area contributed by atoms with Crippen LogP contribution >= 0.6 is 54.5 Å². The molecule has 2 rings (SSSR count). The highest BCUT2D eigenvalue weighted by atomic mass is 127. The molecule has 0 saturated heterocycles. The minimum absolute atomic E-state index is 0.107. The van der Waals surface area contributed by atoms with Gasteiger partial charge in [0.25, 0.3) is 5.91 Å². The Hall–Kier alpha value is -0.400. The molecule has 0 atom stereocenters. The summed E-state index contributed by atoms with van der Waals surface area (Å²) >= 11 is 9.08. The van der Waals surface area contributed by atoms with Crippen LogP contribution in [0, 0.1) is 17.4 Å². The Kier molecular flexibility index (Phi) is 5.25. The topological polar surface area (TPSA) is 29.1 Å². The Morgan fingerprint density at radius 1 is 1.10 bits per heavy atom. The lowest BCUT2D eigenvalue weighted by molar-refractivity contribution is 0.102. The second-order valence-corrected chi connectivity index (χ2v) is 7.51. The van der Waals surface area contributed by atoms with E-state index in [1.807, 2.05) is 44.2 Å². The summed E-state index contributed by atoms with van der Waals surface area (Å²) in [7, 11) is 0. The van der Waals surface area contributed by atoms with E-state index in [4.69, 9.17) is 0 Å². The fourth-order valence-electron chi connectivity index (χ4n) is 1.96. The van der Waals surface area contributed by atoms with E-state index in [1.165, 1.54) is 0 Å². The largest absolute Gasteiger partial charge is 0.321 e. The third-order valence-electron chi connectivity index (χ3n) is 2.91. The molecule has 0 unspecified atom stereocenters. The van der Waals surface area contributed by atoms with Crippen LogP contribution in [0.2, 0.25) is 0 Å². The summed E-state index contributed by atoms with van der Waals surface area (Å²) in [5.41, 5.74) is 3.57. The molecule has 1 amide bonds. The van der Waals surface area contributed by atoms with Gasteiger partial charge in [-0.1, -0.05) is 15.9 Å². The molecule has 0 saturated carbocycles. The second-order valence-electron chi connectivity index (χ2n) is 4.49. The molecular weight excluding hydrogens is 497 g/mol. The van der Waals surface area contributed by atoms with Crippen LogP contribution in [0.5, 0.6) is 0 Å². The normalized spacial score (nSPS) is 10.4. The standard InChI is InChI=1S/C15H12Br2INO/c1-8-5-10(16)6-9(2)14(8)19-15(20)12-7-11(18)3-4-13(12)17/h3-7H,1-2H3,(H,19,20). The first-order valence-electron chi connectivity index (χ1n) is 5.91. The lowest BCUT2D eigenvalue weighted by atomic mass is 10.1. The van der Waals surface area contributed by atoms with Crippen molar-refractivity contribution in [1.29, 1.82) is 0 Å². The molecular formula is C15H12Br2INO.